The molecular weight excluding hydrogens is 480 g/mol. The summed E-state index contributed by atoms with van der Waals surface area (Å²) in [5.41, 5.74) is 3.05. The quantitative estimate of drug-likeness (QED) is 0.260. The number of hydrogen-bond donors (Lipinski definition) is 1. The van der Waals surface area contributed by atoms with E-state index < -0.39 is 12.0 Å². The summed E-state index contributed by atoms with van der Waals surface area (Å²) in [6.45, 7) is 4.80. The number of aromatic nitrogens is 1. The van der Waals surface area contributed by atoms with Crippen LogP contribution in [0.2, 0.25) is 0 Å². The number of benzene rings is 3. The average molecular weight is 513 g/mol. The maximum atomic E-state index is 12.1. The highest BCUT2D eigenvalue weighted by atomic mass is 16.5. The molecule has 7 nitrogen and oxygen atoms in total. The number of para-hydroxylation sites is 1. The summed E-state index contributed by atoms with van der Waals surface area (Å²) in [7, 11) is 0. The third kappa shape index (κ3) is 6.06. The smallest absolute Gasteiger partial charge is 0.320 e. The normalized spacial score (nSPS) is 17.4. The zero-order valence-corrected chi connectivity index (χ0v) is 21.7. The van der Waals surface area contributed by atoms with Crippen molar-refractivity contribution < 1.29 is 23.8 Å². The van der Waals surface area contributed by atoms with Crippen molar-refractivity contribution in [3.8, 4) is 17.2 Å². The summed E-state index contributed by atoms with van der Waals surface area (Å²) in [6.07, 6.45) is 2.08. The van der Waals surface area contributed by atoms with Crippen molar-refractivity contribution in [3.05, 3.63) is 107 Å². The van der Waals surface area contributed by atoms with Gasteiger partial charge in [0.1, 0.15) is 29.1 Å². The minimum Gasteiger partial charge on any atom is -0.493 e. The highest BCUT2D eigenvalue weighted by molar-refractivity contribution is 5.74. The van der Waals surface area contributed by atoms with E-state index in [9.17, 15) is 9.90 Å². The number of oxazole rings is 1. The number of nitrogens with zero attached hydrogens (tertiary/aromatic N) is 2. The van der Waals surface area contributed by atoms with Gasteiger partial charge in [-0.3, -0.25) is 9.69 Å². The minimum atomic E-state index is -0.783. The monoisotopic (exact) mass is 512 g/mol. The molecule has 0 aliphatic carbocycles. The van der Waals surface area contributed by atoms with Crippen molar-refractivity contribution >= 4 is 5.97 Å². The molecule has 1 aliphatic heterocycles. The number of carboxylic acids is 1. The summed E-state index contributed by atoms with van der Waals surface area (Å²) in [5, 5.41) is 9.90. The number of carboxylic acid groups (broad SMARTS) is 1. The molecule has 7 heteroatoms. The van der Waals surface area contributed by atoms with E-state index in [2.05, 4.69) is 9.88 Å². The number of ether oxygens (including phenoxy) is 2. The summed E-state index contributed by atoms with van der Waals surface area (Å²) < 4.78 is 17.3. The van der Waals surface area contributed by atoms with Crippen LogP contribution in [0, 0.1) is 13.8 Å². The van der Waals surface area contributed by atoms with E-state index in [0.717, 1.165) is 46.3 Å². The van der Waals surface area contributed by atoms with E-state index in [-0.39, 0.29) is 6.04 Å². The summed E-state index contributed by atoms with van der Waals surface area (Å²) >= 11 is 0. The fourth-order valence-electron chi connectivity index (χ4n) is 5.06. The lowest BCUT2D eigenvalue weighted by Gasteiger charge is -2.28. The van der Waals surface area contributed by atoms with Crippen molar-refractivity contribution in [1.29, 1.82) is 0 Å². The molecule has 196 valence electrons. The van der Waals surface area contributed by atoms with Gasteiger partial charge in [-0.05, 0) is 67.3 Å². The zero-order chi connectivity index (χ0) is 26.5. The number of hydrogen-bond acceptors (Lipinski definition) is 6. The lowest BCUT2D eigenvalue weighted by Crippen LogP contribution is -2.36. The van der Waals surface area contributed by atoms with Crippen LogP contribution < -0.4 is 9.47 Å². The standard InChI is InChI=1S/C31H32N2O5/c1-21-28(32-22(2)37-21)18-19-36-25-14-10-24(11-15-25)29-16-17-30(31(34)35)33(29)20-23-8-12-27(13-9-23)38-26-6-4-3-5-7-26/h3-15,29-30H,16-20H2,1-2H3,(H,34,35). The van der Waals surface area contributed by atoms with Gasteiger partial charge in [0.05, 0.1) is 12.3 Å². The van der Waals surface area contributed by atoms with Crippen LogP contribution in [-0.4, -0.2) is 33.6 Å². The molecule has 0 amide bonds. The second kappa shape index (κ2) is 11.5. The first-order valence-electron chi connectivity index (χ1n) is 12.9. The molecular formula is C31H32N2O5. The number of aryl methyl sites for hydroxylation is 2. The van der Waals surface area contributed by atoms with Gasteiger partial charge in [0, 0.05) is 25.9 Å². The molecule has 1 fully saturated rings. The fourth-order valence-corrected chi connectivity index (χ4v) is 5.06. The third-order valence-corrected chi connectivity index (χ3v) is 6.94. The van der Waals surface area contributed by atoms with Crippen LogP contribution >= 0.6 is 0 Å². The van der Waals surface area contributed by atoms with E-state index >= 15 is 0 Å². The van der Waals surface area contributed by atoms with Gasteiger partial charge in [-0.25, -0.2) is 4.98 Å². The molecule has 1 N–H and O–H groups in total. The second-order valence-electron chi connectivity index (χ2n) is 9.58. The number of likely N-dealkylation sites (tertiary alicyclic amines) is 1. The topological polar surface area (TPSA) is 85.0 Å². The molecule has 1 aromatic heterocycles. The molecule has 2 unspecified atom stereocenters. The highest BCUT2D eigenvalue weighted by Gasteiger charge is 2.38. The van der Waals surface area contributed by atoms with Crippen LogP contribution in [0.1, 0.15) is 47.4 Å². The molecule has 2 atom stereocenters. The van der Waals surface area contributed by atoms with Crippen molar-refractivity contribution in [1.82, 2.24) is 9.88 Å². The van der Waals surface area contributed by atoms with Gasteiger partial charge < -0.3 is 19.0 Å². The van der Waals surface area contributed by atoms with Crippen molar-refractivity contribution in [2.24, 2.45) is 0 Å². The minimum absolute atomic E-state index is 0.0196. The molecule has 1 saturated heterocycles. The second-order valence-corrected chi connectivity index (χ2v) is 9.58. The van der Waals surface area contributed by atoms with Gasteiger partial charge in [0.15, 0.2) is 5.89 Å². The lowest BCUT2D eigenvalue weighted by atomic mass is 10.0. The van der Waals surface area contributed by atoms with Crippen molar-refractivity contribution in [3.63, 3.8) is 0 Å². The van der Waals surface area contributed by atoms with E-state index in [0.29, 0.717) is 31.9 Å². The molecule has 0 saturated carbocycles. The van der Waals surface area contributed by atoms with E-state index in [1.807, 2.05) is 92.7 Å². The Bertz CT molecular complexity index is 1350. The molecule has 0 radical (unpaired) electrons. The first-order chi connectivity index (χ1) is 18.5. The lowest BCUT2D eigenvalue weighted by molar-refractivity contribution is -0.142. The predicted molar refractivity (Wildman–Crippen MR) is 144 cm³/mol. The third-order valence-electron chi connectivity index (χ3n) is 6.94. The Labute approximate surface area is 222 Å². The summed E-state index contributed by atoms with van der Waals surface area (Å²) in [5.74, 6) is 3.02. The Kier molecular flexibility index (Phi) is 7.75. The summed E-state index contributed by atoms with van der Waals surface area (Å²) in [6, 6.07) is 25.0. The molecule has 38 heavy (non-hydrogen) atoms. The van der Waals surface area contributed by atoms with Gasteiger partial charge in [-0.2, -0.15) is 0 Å². The van der Waals surface area contributed by atoms with Gasteiger partial charge in [-0.1, -0.05) is 42.5 Å². The number of aliphatic carboxylic acids is 1. The average Bonchev–Trinajstić information content (AvgIpc) is 3.48. The number of carbonyl (C=O) groups is 1. The van der Waals surface area contributed by atoms with Gasteiger partial charge >= 0.3 is 5.97 Å². The number of rotatable bonds is 10. The summed E-state index contributed by atoms with van der Waals surface area (Å²) in [4.78, 5) is 18.5. The zero-order valence-electron chi connectivity index (χ0n) is 21.7. The first-order valence-corrected chi connectivity index (χ1v) is 12.9. The van der Waals surface area contributed by atoms with Crippen molar-refractivity contribution in [2.45, 2.75) is 51.7 Å². The van der Waals surface area contributed by atoms with Crippen LogP contribution in [0.15, 0.2) is 83.3 Å². The van der Waals surface area contributed by atoms with Gasteiger partial charge in [0.2, 0.25) is 0 Å². The van der Waals surface area contributed by atoms with E-state index in [4.69, 9.17) is 13.9 Å². The molecule has 4 aromatic rings. The molecule has 0 bridgehead atoms. The Morgan fingerprint density at radius 3 is 2.29 bits per heavy atom. The van der Waals surface area contributed by atoms with Crippen LogP contribution in [0.3, 0.4) is 0 Å². The van der Waals surface area contributed by atoms with Crippen LogP contribution in [-0.2, 0) is 17.8 Å². The van der Waals surface area contributed by atoms with E-state index in [1.165, 1.54) is 0 Å². The largest absolute Gasteiger partial charge is 0.493 e. The van der Waals surface area contributed by atoms with Crippen LogP contribution in [0.4, 0.5) is 0 Å². The van der Waals surface area contributed by atoms with Gasteiger partial charge in [-0.15, -0.1) is 0 Å². The Hall–Kier alpha value is -4.10. The van der Waals surface area contributed by atoms with Crippen LogP contribution in [0.5, 0.6) is 17.2 Å². The molecule has 5 rings (SSSR count). The van der Waals surface area contributed by atoms with Gasteiger partial charge in [0.25, 0.3) is 0 Å². The SMILES string of the molecule is Cc1nc(CCOc2ccc(C3CCC(C(=O)O)N3Cc3ccc(Oc4ccccc4)cc3)cc2)c(C)o1. The molecule has 0 spiro atoms. The Morgan fingerprint density at radius 2 is 1.63 bits per heavy atom. The maximum Gasteiger partial charge on any atom is 0.320 e. The Balaban J connectivity index is 1.23. The van der Waals surface area contributed by atoms with E-state index in [1.54, 1.807) is 0 Å². The van der Waals surface area contributed by atoms with Crippen LogP contribution in [0.25, 0.3) is 0 Å². The highest BCUT2D eigenvalue weighted by Crippen LogP contribution is 2.38. The first kappa shape index (κ1) is 25.5. The molecule has 1 aliphatic rings. The Morgan fingerprint density at radius 1 is 0.947 bits per heavy atom. The fraction of sp³-hybridized carbons (Fsp3) is 0.290. The van der Waals surface area contributed by atoms with Crippen molar-refractivity contribution in [2.75, 3.05) is 6.61 Å². The maximum absolute atomic E-state index is 12.1. The molecule has 2 heterocycles. The molecule has 3 aromatic carbocycles. The predicted octanol–water partition coefficient (Wildman–Crippen LogP) is 6.50.